The van der Waals surface area contributed by atoms with Gasteiger partial charge in [-0.05, 0) is 122 Å². The highest BCUT2D eigenvalue weighted by Crippen LogP contribution is 2.52. The van der Waals surface area contributed by atoms with Crippen molar-refractivity contribution in [2.24, 2.45) is 0 Å². The highest BCUT2D eigenvalue weighted by Gasteiger charge is 2.33. The van der Waals surface area contributed by atoms with Crippen LogP contribution in [0.1, 0.15) is 35.4 Å². The van der Waals surface area contributed by atoms with E-state index in [-0.39, 0.29) is 11.8 Å². The predicted octanol–water partition coefficient (Wildman–Crippen LogP) is 17.7. The Hall–Kier alpha value is -8.40. The summed E-state index contributed by atoms with van der Waals surface area (Å²) in [5.74, 6) is 0.517. The topological polar surface area (TPSA) is 31.2 Å². The van der Waals surface area contributed by atoms with Crippen LogP contribution in [0.4, 0.5) is 0 Å². The normalized spacial score (nSPS) is 14.1. The van der Waals surface area contributed by atoms with Crippen molar-refractivity contribution < 1.29 is 8.83 Å². The minimum absolute atomic E-state index is 0.258. The van der Waals surface area contributed by atoms with E-state index in [4.69, 9.17) is 8.83 Å². The fourth-order valence-electron chi connectivity index (χ4n) is 11.5. The molecule has 13 aromatic rings. The van der Waals surface area contributed by atoms with Crippen molar-refractivity contribution in [2.45, 2.75) is 25.2 Å². The Morgan fingerprint density at radius 1 is 0.433 bits per heavy atom. The Morgan fingerprint density at radius 2 is 1.06 bits per heavy atom. The zero-order valence-corrected chi connectivity index (χ0v) is 36.9. The van der Waals surface area contributed by atoms with Gasteiger partial charge in [-0.3, -0.25) is 0 Å². The Labute approximate surface area is 387 Å². The summed E-state index contributed by atoms with van der Waals surface area (Å²) in [6, 6.07) is 79.7. The van der Waals surface area contributed by atoms with Gasteiger partial charge in [0.25, 0.3) is 0 Å². The molecule has 3 aromatic heterocycles. The number of furan rings is 2. The first-order chi connectivity index (χ1) is 33.1. The van der Waals surface area contributed by atoms with Crippen LogP contribution in [-0.4, -0.2) is 4.57 Å². The Morgan fingerprint density at radius 3 is 1.91 bits per heavy atom. The van der Waals surface area contributed by atoms with Gasteiger partial charge in [-0.25, -0.2) is 0 Å². The number of benzene rings is 10. The molecule has 0 amide bonds. The summed E-state index contributed by atoms with van der Waals surface area (Å²) in [5.41, 5.74) is 21.0. The van der Waals surface area contributed by atoms with E-state index in [0.717, 1.165) is 72.6 Å². The molecule has 0 aliphatic heterocycles. The van der Waals surface area contributed by atoms with Gasteiger partial charge in [0.15, 0.2) is 0 Å². The zero-order chi connectivity index (χ0) is 44.2. The van der Waals surface area contributed by atoms with Gasteiger partial charge in [-0.1, -0.05) is 177 Å². The van der Waals surface area contributed by atoms with Gasteiger partial charge in [-0.2, -0.15) is 0 Å². The van der Waals surface area contributed by atoms with Crippen LogP contribution in [0.15, 0.2) is 227 Å². The lowest BCUT2D eigenvalue weighted by molar-refractivity contribution is 0.568. The molecular formula is C64H43NO2. The molecule has 0 fully saturated rings. The van der Waals surface area contributed by atoms with Crippen LogP contribution in [0.2, 0.25) is 0 Å². The van der Waals surface area contributed by atoms with E-state index in [1.165, 1.54) is 66.4 Å². The SMILES string of the molecule is CC(c1ccc(-c2cccc(-c3ccccc3)c2)cc1)C1Cc2ccccc2-c2c1ccc1c2c2cc(-c3cccc4c3oc3ccccc34)ccc2n1-c1cccc2oc3ccccc3c12. The molecule has 0 saturated carbocycles. The van der Waals surface area contributed by atoms with Crippen LogP contribution < -0.4 is 0 Å². The van der Waals surface area contributed by atoms with Gasteiger partial charge in [0.1, 0.15) is 22.3 Å². The van der Waals surface area contributed by atoms with Crippen molar-refractivity contribution in [1.82, 2.24) is 4.57 Å². The second-order valence-corrected chi connectivity index (χ2v) is 18.3. The van der Waals surface area contributed by atoms with Crippen LogP contribution in [0.3, 0.4) is 0 Å². The molecule has 2 atom stereocenters. The molecule has 0 saturated heterocycles. The van der Waals surface area contributed by atoms with Crippen molar-refractivity contribution in [1.29, 1.82) is 0 Å². The average molecular weight is 858 g/mol. The molecule has 3 heteroatoms. The number of fused-ring (bicyclic) bond motifs is 13. The molecule has 14 rings (SSSR count). The second-order valence-electron chi connectivity index (χ2n) is 18.3. The molecule has 0 bridgehead atoms. The van der Waals surface area contributed by atoms with Crippen molar-refractivity contribution in [3.8, 4) is 50.2 Å². The minimum Gasteiger partial charge on any atom is -0.456 e. The summed E-state index contributed by atoms with van der Waals surface area (Å²) >= 11 is 0. The van der Waals surface area contributed by atoms with Crippen molar-refractivity contribution >= 4 is 65.7 Å². The van der Waals surface area contributed by atoms with Gasteiger partial charge in [0.2, 0.25) is 0 Å². The molecule has 2 unspecified atom stereocenters. The highest BCUT2D eigenvalue weighted by atomic mass is 16.3. The molecule has 0 radical (unpaired) electrons. The lowest BCUT2D eigenvalue weighted by Crippen LogP contribution is -2.17. The zero-order valence-electron chi connectivity index (χ0n) is 36.9. The van der Waals surface area contributed by atoms with E-state index in [1.54, 1.807) is 0 Å². The standard InChI is InChI=1S/C64H43NO2/c1-39(40-28-30-42(31-29-40)44-18-11-17-43(36-44)41-14-3-2-4-15-41)53-37-45-16-5-6-19-47(45)61-50(53)33-35-57-63(61)54-38-46(48-22-12-23-51-49-20-7-9-25-58(49)67-64(48)51)32-34-55(54)65(57)56-24-13-27-60-62(56)52-21-8-10-26-59(52)66-60/h2-36,38-39,53H,37H2,1H3. The summed E-state index contributed by atoms with van der Waals surface area (Å²) in [7, 11) is 0. The van der Waals surface area contributed by atoms with Crippen LogP contribution >= 0.6 is 0 Å². The maximum atomic E-state index is 6.65. The summed E-state index contributed by atoms with van der Waals surface area (Å²) in [5, 5.41) is 6.99. The van der Waals surface area contributed by atoms with Gasteiger partial charge in [-0.15, -0.1) is 0 Å². The van der Waals surface area contributed by atoms with Gasteiger partial charge < -0.3 is 13.4 Å². The van der Waals surface area contributed by atoms with Crippen LogP contribution in [-0.2, 0) is 6.42 Å². The number of aromatic nitrogens is 1. The first-order valence-corrected chi connectivity index (χ1v) is 23.4. The first kappa shape index (κ1) is 37.9. The third-order valence-electron chi connectivity index (χ3n) is 14.8. The highest BCUT2D eigenvalue weighted by molar-refractivity contribution is 6.20. The summed E-state index contributed by atoms with van der Waals surface area (Å²) in [4.78, 5) is 0. The number of hydrogen-bond acceptors (Lipinski definition) is 2. The van der Waals surface area contributed by atoms with Crippen LogP contribution in [0.5, 0.6) is 0 Å². The Balaban J connectivity index is 0.979. The van der Waals surface area contributed by atoms with E-state index < -0.39 is 0 Å². The maximum absolute atomic E-state index is 6.65. The third-order valence-corrected chi connectivity index (χ3v) is 14.8. The molecule has 67 heavy (non-hydrogen) atoms. The van der Waals surface area contributed by atoms with Crippen molar-refractivity contribution in [2.75, 3.05) is 0 Å². The van der Waals surface area contributed by atoms with E-state index >= 15 is 0 Å². The number of hydrogen-bond donors (Lipinski definition) is 0. The monoisotopic (exact) mass is 857 g/mol. The Kier molecular flexibility index (Phi) is 8.39. The molecule has 3 nitrogen and oxygen atoms in total. The molecule has 0 N–H and O–H groups in total. The maximum Gasteiger partial charge on any atom is 0.143 e. The number of nitrogens with zero attached hydrogens (tertiary/aromatic N) is 1. The fraction of sp³-hybridized carbons (Fsp3) is 0.0625. The summed E-state index contributed by atoms with van der Waals surface area (Å²) < 4.78 is 15.6. The molecule has 1 aliphatic rings. The molecule has 1 aliphatic carbocycles. The molecule has 3 heterocycles. The largest absolute Gasteiger partial charge is 0.456 e. The number of para-hydroxylation sites is 3. The quantitative estimate of drug-likeness (QED) is 0.167. The van der Waals surface area contributed by atoms with E-state index in [0.29, 0.717) is 0 Å². The van der Waals surface area contributed by atoms with Crippen molar-refractivity contribution in [3.05, 3.63) is 235 Å². The van der Waals surface area contributed by atoms with E-state index in [9.17, 15) is 0 Å². The second kappa shape index (κ2) is 14.8. The lowest BCUT2D eigenvalue weighted by atomic mass is 9.71. The van der Waals surface area contributed by atoms with Gasteiger partial charge in [0.05, 0.1) is 22.1 Å². The predicted molar refractivity (Wildman–Crippen MR) is 278 cm³/mol. The van der Waals surface area contributed by atoms with E-state index in [2.05, 4.69) is 224 Å². The summed E-state index contributed by atoms with van der Waals surface area (Å²) in [6.07, 6.45) is 0.967. The minimum atomic E-state index is 0.258. The van der Waals surface area contributed by atoms with Gasteiger partial charge in [0, 0.05) is 32.5 Å². The van der Waals surface area contributed by atoms with Crippen LogP contribution in [0.25, 0.3) is 116 Å². The molecule has 316 valence electrons. The average Bonchev–Trinajstić information content (AvgIpc) is 4.08. The van der Waals surface area contributed by atoms with Gasteiger partial charge >= 0.3 is 0 Å². The third kappa shape index (κ3) is 5.84. The molecule has 0 spiro atoms. The number of rotatable bonds is 6. The van der Waals surface area contributed by atoms with E-state index in [1.807, 2.05) is 6.07 Å². The molecular weight excluding hydrogens is 815 g/mol. The first-order valence-electron chi connectivity index (χ1n) is 23.4. The fourth-order valence-corrected chi connectivity index (χ4v) is 11.5. The molecule has 10 aromatic carbocycles. The smallest absolute Gasteiger partial charge is 0.143 e. The summed E-state index contributed by atoms with van der Waals surface area (Å²) in [6.45, 7) is 2.43. The lowest BCUT2D eigenvalue weighted by Gasteiger charge is -2.33. The Bertz CT molecular complexity index is 4090. The van der Waals surface area contributed by atoms with Crippen molar-refractivity contribution in [3.63, 3.8) is 0 Å². The van der Waals surface area contributed by atoms with Crippen LogP contribution in [0, 0.1) is 0 Å².